The molecule has 5 heteroatoms. The molecule has 0 fully saturated rings. The third-order valence-corrected chi connectivity index (χ3v) is 3.79. The minimum Gasteiger partial charge on any atom is -0.323 e. The van der Waals surface area contributed by atoms with Crippen molar-refractivity contribution in [2.45, 2.75) is 20.8 Å². The van der Waals surface area contributed by atoms with E-state index in [1.807, 2.05) is 26.8 Å². The monoisotopic (exact) mass is 268 g/mol. The highest BCUT2D eigenvalue weighted by atomic mass is 35.5. The van der Waals surface area contributed by atoms with Crippen molar-refractivity contribution in [2.24, 2.45) is 0 Å². The van der Waals surface area contributed by atoms with E-state index in [4.69, 9.17) is 11.6 Å². The average molecular weight is 269 g/mol. The molecule has 1 amide bonds. The number of fused-ring (bicyclic) bond motifs is 1. The van der Waals surface area contributed by atoms with Crippen molar-refractivity contribution in [3.63, 3.8) is 0 Å². The Morgan fingerprint density at radius 2 is 2.18 bits per heavy atom. The number of aromatic nitrogens is 1. The SMILES string of the molecule is Cc1cc(C)c2c(NC(=O)CCl)c(C)sc2n1. The van der Waals surface area contributed by atoms with E-state index in [0.29, 0.717) is 0 Å². The van der Waals surface area contributed by atoms with Crippen LogP contribution in [0, 0.1) is 20.8 Å². The molecule has 0 aliphatic carbocycles. The fourth-order valence-electron chi connectivity index (χ4n) is 1.88. The summed E-state index contributed by atoms with van der Waals surface area (Å²) in [5, 5.41) is 3.87. The largest absolute Gasteiger partial charge is 0.323 e. The number of rotatable bonds is 2. The standard InChI is InChI=1S/C12H13ClN2OS/c1-6-4-7(2)14-12-10(6)11(8(3)17-12)15-9(16)5-13/h4H,5H2,1-3H3,(H,15,16). The highest BCUT2D eigenvalue weighted by Gasteiger charge is 2.14. The van der Waals surface area contributed by atoms with Crippen LogP contribution in [-0.4, -0.2) is 16.8 Å². The summed E-state index contributed by atoms with van der Waals surface area (Å²) >= 11 is 7.10. The Balaban J connectivity index is 2.62. The summed E-state index contributed by atoms with van der Waals surface area (Å²) in [6, 6.07) is 2.02. The molecule has 1 N–H and O–H groups in total. The Labute approximate surface area is 109 Å². The van der Waals surface area contributed by atoms with E-state index in [0.717, 1.165) is 32.0 Å². The first-order valence-corrected chi connectivity index (χ1v) is 6.61. The van der Waals surface area contributed by atoms with Gasteiger partial charge in [-0.25, -0.2) is 4.98 Å². The summed E-state index contributed by atoms with van der Waals surface area (Å²) in [7, 11) is 0. The second-order valence-corrected chi connectivity index (χ2v) is 5.45. The maximum Gasteiger partial charge on any atom is 0.239 e. The second-order valence-electron chi connectivity index (χ2n) is 3.98. The van der Waals surface area contributed by atoms with Gasteiger partial charge in [0.25, 0.3) is 0 Å². The van der Waals surface area contributed by atoms with Crippen LogP contribution in [0.5, 0.6) is 0 Å². The number of nitrogens with zero attached hydrogens (tertiary/aromatic N) is 1. The van der Waals surface area contributed by atoms with Gasteiger partial charge in [-0.2, -0.15) is 0 Å². The van der Waals surface area contributed by atoms with Crippen LogP contribution in [-0.2, 0) is 4.79 Å². The number of hydrogen-bond donors (Lipinski definition) is 1. The van der Waals surface area contributed by atoms with Crippen LogP contribution in [0.1, 0.15) is 16.1 Å². The number of thiophene rings is 1. The van der Waals surface area contributed by atoms with E-state index in [-0.39, 0.29) is 11.8 Å². The van der Waals surface area contributed by atoms with E-state index in [1.54, 1.807) is 11.3 Å². The molecule has 0 radical (unpaired) electrons. The van der Waals surface area contributed by atoms with Crippen LogP contribution in [0.3, 0.4) is 0 Å². The fourth-order valence-corrected chi connectivity index (χ4v) is 3.04. The van der Waals surface area contributed by atoms with Crippen LogP contribution in [0.2, 0.25) is 0 Å². The molecule has 17 heavy (non-hydrogen) atoms. The smallest absolute Gasteiger partial charge is 0.239 e. The van der Waals surface area contributed by atoms with Gasteiger partial charge in [0.1, 0.15) is 10.7 Å². The van der Waals surface area contributed by atoms with Gasteiger partial charge >= 0.3 is 0 Å². The van der Waals surface area contributed by atoms with Crippen molar-refractivity contribution in [3.05, 3.63) is 22.2 Å². The number of amides is 1. The van der Waals surface area contributed by atoms with Gasteiger partial charge in [-0.15, -0.1) is 22.9 Å². The number of pyridine rings is 1. The first kappa shape index (κ1) is 12.3. The predicted octanol–water partition coefficient (Wildman–Crippen LogP) is 3.40. The van der Waals surface area contributed by atoms with Crippen LogP contribution in [0.4, 0.5) is 5.69 Å². The van der Waals surface area contributed by atoms with Crippen molar-refractivity contribution in [2.75, 3.05) is 11.2 Å². The molecule has 0 saturated heterocycles. The molecule has 2 aromatic rings. The number of anilines is 1. The zero-order valence-electron chi connectivity index (χ0n) is 9.93. The van der Waals surface area contributed by atoms with Crippen molar-refractivity contribution >= 4 is 44.7 Å². The van der Waals surface area contributed by atoms with Crippen molar-refractivity contribution in [1.29, 1.82) is 0 Å². The fraction of sp³-hybridized carbons (Fsp3) is 0.333. The van der Waals surface area contributed by atoms with Gasteiger partial charge in [0, 0.05) is 16.0 Å². The summed E-state index contributed by atoms with van der Waals surface area (Å²) in [5.74, 6) is -0.218. The van der Waals surface area contributed by atoms with E-state index in [2.05, 4.69) is 10.3 Å². The molecule has 0 unspecified atom stereocenters. The Morgan fingerprint density at radius 1 is 1.47 bits per heavy atom. The molecule has 0 aromatic carbocycles. The maximum atomic E-state index is 11.4. The summed E-state index contributed by atoms with van der Waals surface area (Å²) in [6.45, 7) is 5.98. The normalized spacial score (nSPS) is 10.8. The van der Waals surface area contributed by atoms with Crippen molar-refractivity contribution in [1.82, 2.24) is 4.98 Å². The van der Waals surface area contributed by atoms with Crippen molar-refractivity contribution in [3.8, 4) is 0 Å². The molecule has 0 aliphatic heterocycles. The summed E-state index contributed by atoms with van der Waals surface area (Å²) in [4.78, 5) is 17.9. The lowest BCUT2D eigenvalue weighted by molar-refractivity contribution is -0.113. The highest BCUT2D eigenvalue weighted by molar-refractivity contribution is 7.19. The van der Waals surface area contributed by atoms with Crippen LogP contribution < -0.4 is 5.32 Å². The Bertz CT molecular complexity index is 592. The molecule has 3 nitrogen and oxygen atoms in total. The van der Waals surface area contributed by atoms with Gasteiger partial charge in [0.05, 0.1) is 5.69 Å². The first-order valence-electron chi connectivity index (χ1n) is 5.26. The first-order chi connectivity index (χ1) is 8.02. The van der Waals surface area contributed by atoms with E-state index in [9.17, 15) is 4.79 Å². The topological polar surface area (TPSA) is 42.0 Å². The van der Waals surface area contributed by atoms with Crippen LogP contribution >= 0.6 is 22.9 Å². The summed E-state index contributed by atoms with van der Waals surface area (Å²) < 4.78 is 0. The molecule has 2 heterocycles. The quantitative estimate of drug-likeness (QED) is 0.848. The minimum atomic E-state index is -0.186. The molecule has 0 saturated carbocycles. The number of hydrogen-bond acceptors (Lipinski definition) is 3. The lowest BCUT2D eigenvalue weighted by atomic mass is 10.1. The average Bonchev–Trinajstić information content (AvgIpc) is 2.55. The van der Waals surface area contributed by atoms with Gasteiger partial charge in [-0.1, -0.05) is 0 Å². The summed E-state index contributed by atoms with van der Waals surface area (Å²) in [5.41, 5.74) is 2.97. The molecule has 0 aliphatic rings. The molecule has 0 bridgehead atoms. The molecule has 0 atom stereocenters. The van der Waals surface area contributed by atoms with Crippen LogP contribution in [0.15, 0.2) is 6.07 Å². The highest BCUT2D eigenvalue weighted by Crippen LogP contribution is 2.36. The minimum absolute atomic E-state index is 0.0326. The molecule has 2 rings (SSSR count). The molecule has 90 valence electrons. The third-order valence-electron chi connectivity index (χ3n) is 2.55. The van der Waals surface area contributed by atoms with Crippen LogP contribution in [0.25, 0.3) is 10.2 Å². The number of aryl methyl sites for hydroxylation is 3. The number of alkyl halides is 1. The van der Waals surface area contributed by atoms with Gasteiger partial charge in [-0.3, -0.25) is 4.79 Å². The lowest BCUT2D eigenvalue weighted by Gasteiger charge is -2.05. The number of carbonyl (C=O) groups is 1. The van der Waals surface area contributed by atoms with Gasteiger partial charge < -0.3 is 5.32 Å². The van der Waals surface area contributed by atoms with Gasteiger partial charge in [0.15, 0.2) is 0 Å². The Morgan fingerprint density at radius 3 is 2.82 bits per heavy atom. The zero-order valence-corrected chi connectivity index (χ0v) is 11.5. The molecule has 2 aromatic heterocycles. The zero-order chi connectivity index (χ0) is 12.6. The molecular weight excluding hydrogens is 256 g/mol. The third kappa shape index (κ3) is 2.28. The molecular formula is C12H13ClN2OS. The number of carbonyl (C=O) groups excluding carboxylic acids is 1. The maximum absolute atomic E-state index is 11.4. The Hall–Kier alpha value is -1.13. The number of nitrogens with one attached hydrogen (secondary N) is 1. The van der Waals surface area contributed by atoms with Gasteiger partial charge in [-0.05, 0) is 32.4 Å². The van der Waals surface area contributed by atoms with E-state index < -0.39 is 0 Å². The Kier molecular flexibility index (Phi) is 3.35. The molecule has 0 spiro atoms. The second kappa shape index (κ2) is 4.63. The number of halogens is 1. The predicted molar refractivity (Wildman–Crippen MR) is 73.2 cm³/mol. The van der Waals surface area contributed by atoms with E-state index in [1.165, 1.54) is 0 Å². The van der Waals surface area contributed by atoms with Gasteiger partial charge in [0.2, 0.25) is 5.91 Å². The lowest BCUT2D eigenvalue weighted by Crippen LogP contribution is -2.13. The van der Waals surface area contributed by atoms with E-state index >= 15 is 0 Å². The van der Waals surface area contributed by atoms with Crippen molar-refractivity contribution < 1.29 is 4.79 Å². The summed E-state index contributed by atoms with van der Waals surface area (Å²) in [6.07, 6.45) is 0.